The summed E-state index contributed by atoms with van der Waals surface area (Å²) in [6.45, 7) is 4.81. The van der Waals surface area contributed by atoms with Gasteiger partial charge in [0.05, 0.1) is 34.0 Å². The van der Waals surface area contributed by atoms with Crippen LogP contribution in [0.2, 0.25) is 10.0 Å². The van der Waals surface area contributed by atoms with Crippen molar-refractivity contribution in [2.75, 3.05) is 51.3 Å². The van der Waals surface area contributed by atoms with Gasteiger partial charge in [-0.1, -0.05) is 41.4 Å². The molecule has 0 aromatic heterocycles. The first-order chi connectivity index (χ1) is 16.8. The molecule has 0 spiro atoms. The average Bonchev–Trinajstić information content (AvgIpc) is 2.84. The van der Waals surface area contributed by atoms with Crippen molar-refractivity contribution in [3.8, 4) is 0 Å². The van der Waals surface area contributed by atoms with E-state index in [1.54, 1.807) is 44.3 Å². The summed E-state index contributed by atoms with van der Waals surface area (Å²) in [5.74, 6) is -0.753. The number of piperazine rings is 1. The van der Waals surface area contributed by atoms with Gasteiger partial charge in [0.25, 0.3) is 0 Å². The first-order valence-corrected chi connectivity index (χ1v) is 12.2. The lowest BCUT2D eigenvalue weighted by molar-refractivity contribution is -0.139. The lowest BCUT2D eigenvalue weighted by atomic mass is 9.94. The zero-order valence-electron chi connectivity index (χ0n) is 19.6. The zero-order valence-corrected chi connectivity index (χ0v) is 21.1. The molecule has 7 nitrogen and oxygen atoms in total. The monoisotopic (exact) mass is 520 g/mol. The van der Waals surface area contributed by atoms with Gasteiger partial charge in [-0.25, -0.2) is 14.0 Å². The lowest BCUT2D eigenvalue weighted by Crippen LogP contribution is -2.52. The predicted octanol–water partition coefficient (Wildman–Crippen LogP) is 4.47. The number of amides is 2. The SMILES string of the molecule is CCOC(=O)C1=C(CN2CCN(c3ccccc3F)CC2)N(C)C(=O)NC1c1ccc(Cl)c(Cl)c1. The zero-order chi connectivity index (χ0) is 25.1. The van der Waals surface area contributed by atoms with E-state index >= 15 is 0 Å². The standard InChI is InChI=1S/C25H27Cl2FN4O3/c1-3-35-24(33)22-21(15-31-10-12-32(13-11-31)20-7-5-4-6-19(20)28)30(2)25(34)29-23(22)16-8-9-17(26)18(27)14-16/h4-9,14,23H,3,10-13,15H2,1-2H3,(H,29,34). The van der Waals surface area contributed by atoms with Crippen LogP contribution in [0.4, 0.5) is 14.9 Å². The van der Waals surface area contributed by atoms with Gasteiger partial charge in [0.2, 0.25) is 0 Å². The van der Waals surface area contributed by atoms with E-state index < -0.39 is 12.0 Å². The molecule has 2 aromatic rings. The lowest BCUT2D eigenvalue weighted by Gasteiger charge is -2.40. The topological polar surface area (TPSA) is 65.1 Å². The van der Waals surface area contributed by atoms with Crippen molar-refractivity contribution in [3.05, 3.63) is 75.2 Å². The highest BCUT2D eigenvalue weighted by molar-refractivity contribution is 6.42. The third-order valence-corrected chi connectivity index (χ3v) is 7.03. The summed E-state index contributed by atoms with van der Waals surface area (Å²) in [5, 5.41) is 3.58. The van der Waals surface area contributed by atoms with Gasteiger partial charge in [-0.2, -0.15) is 0 Å². The number of hydrogen-bond acceptors (Lipinski definition) is 5. The van der Waals surface area contributed by atoms with Crippen LogP contribution >= 0.6 is 23.2 Å². The Bertz CT molecular complexity index is 1150. The molecule has 1 N–H and O–H groups in total. The van der Waals surface area contributed by atoms with Crippen LogP contribution in [0.3, 0.4) is 0 Å². The number of carbonyl (C=O) groups excluding carboxylic acids is 2. The smallest absolute Gasteiger partial charge is 0.338 e. The van der Waals surface area contributed by atoms with Crippen LogP contribution in [0, 0.1) is 5.82 Å². The maximum Gasteiger partial charge on any atom is 0.338 e. The molecule has 0 saturated carbocycles. The summed E-state index contributed by atoms with van der Waals surface area (Å²) >= 11 is 12.3. The maximum absolute atomic E-state index is 14.2. The van der Waals surface area contributed by atoms with E-state index in [0.717, 1.165) is 0 Å². The number of ether oxygens (including phenoxy) is 1. The molecule has 2 amide bonds. The molecular weight excluding hydrogens is 494 g/mol. The second-order valence-corrected chi connectivity index (χ2v) is 9.22. The van der Waals surface area contributed by atoms with Gasteiger partial charge in [0, 0.05) is 45.5 Å². The minimum absolute atomic E-state index is 0.197. The van der Waals surface area contributed by atoms with Crippen molar-refractivity contribution < 1.29 is 18.7 Å². The molecule has 2 aliphatic rings. The van der Waals surface area contributed by atoms with E-state index in [9.17, 15) is 14.0 Å². The van der Waals surface area contributed by atoms with Gasteiger partial charge in [0.1, 0.15) is 5.82 Å². The Labute approximate surface area is 214 Å². The Hall–Kier alpha value is -2.81. The first kappa shape index (κ1) is 25.3. The Kier molecular flexibility index (Phi) is 7.84. The Morgan fingerprint density at radius 2 is 1.83 bits per heavy atom. The first-order valence-electron chi connectivity index (χ1n) is 11.4. The predicted molar refractivity (Wildman–Crippen MR) is 134 cm³/mol. The largest absolute Gasteiger partial charge is 0.463 e. The summed E-state index contributed by atoms with van der Waals surface area (Å²) < 4.78 is 19.6. The molecule has 2 aromatic carbocycles. The highest BCUT2D eigenvalue weighted by atomic mass is 35.5. The van der Waals surface area contributed by atoms with E-state index in [0.29, 0.717) is 65.3 Å². The van der Waals surface area contributed by atoms with Gasteiger partial charge in [0.15, 0.2) is 0 Å². The number of nitrogens with one attached hydrogen (secondary N) is 1. The van der Waals surface area contributed by atoms with Crippen molar-refractivity contribution >= 4 is 40.9 Å². The third kappa shape index (κ3) is 5.39. The number of rotatable bonds is 6. The molecule has 1 atom stereocenters. The fraction of sp³-hybridized carbons (Fsp3) is 0.360. The second kappa shape index (κ2) is 10.8. The van der Waals surface area contributed by atoms with Gasteiger partial charge in [-0.3, -0.25) is 9.80 Å². The van der Waals surface area contributed by atoms with E-state index in [-0.39, 0.29) is 18.5 Å². The van der Waals surface area contributed by atoms with E-state index in [1.165, 1.54) is 11.0 Å². The van der Waals surface area contributed by atoms with Crippen LogP contribution < -0.4 is 10.2 Å². The van der Waals surface area contributed by atoms with Crippen LogP contribution in [-0.2, 0) is 9.53 Å². The van der Waals surface area contributed by atoms with Gasteiger partial charge in [-0.15, -0.1) is 0 Å². The average molecular weight is 521 g/mol. The molecule has 35 heavy (non-hydrogen) atoms. The molecule has 4 rings (SSSR count). The van der Waals surface area contributed by atoms with Gasteiger partial charge in [-0.05, 0) is 36.8 Å². The fourth-order valence-electron chi connectivity index (χ4n) is 4.41. The summed E-state index contributed by atoms with van der Waals surface area (Å²) in [4.78, 5) is 31.6. The molecule has 0 radical (unpaired) electrons. The summed E-state index contributed by atoms with van der Waals surface area (Å²) in [6, 6.07) is 10.7. The Morgan fingerprint density at radius 3 is 2.49 bits per heavy atom. The normalized spacial score (nSPS) is 19.1. The molecule has 2 aliphatic heterocycles. The van der Waals surface area contributed by atoms with Crippen molar-refractivity contribution in [1.82, 2.24) is 15.1 Å². The number of hydrogen-bond donors (Lipinski definition) is 1. The van der Waals surface area contributed by atoms with E-state index in [4.69, 9.17) is 27.9 Å². The van der Waals surface area contributed by atoms with Crippen LogP contribution in [0.15, 0.2) is 53.7 Å². The Morgan fingerprint density at radius 1 is 1.11 bits per heavy atom. The second-order valence-electron chi connectivity index (χ2n) is 8.41. The van der Waals surface area contributed by atoms with Gasteiger partial charge < -0.3 is 15.0 Å². The molecule has 1 unspecified atom stereocenters. The maximum atomic E-state index is 14.2. The highest BCUT2D eigenvalue weighted by Gasteiger charge is 2.38. The quantitative estimate of drug-likeness (QED) is 0.569. The number of benzene rings is 2. The van der Waals surface area contributed by atoms with Crippen LogP contribution in [-0.4, -0.2) is 68.2 Å². The number of likely N-dealkylation sites (N-methyl/N-ethyl adjacent to an activating group) is 1. The number of carbonyl (C=O) groups is 2. The van der Waals surface area contributed by atoms with Crippen molar-refractivity contribution in [3.63, 3.8) is 0 Å². The molecule has 2 heterocycles. The molecule has 0 bridgehead atoms. The number of anilines is 1. The number of urea groups is 1. The molecule has 186 valence electrons. The number of halogens is 3. The van der Waals surface area contributed by atoms with E-state index in [2.05, 4.69) is 10.2 Å². The fourth-order valence-corrected chi connectivity index (χ4v) is 4.71. The molecular formula is C25H27Cl2FN4O3. The van der Waals surface area contributed by atoms with Gasteiger partial charge >= 0.3 is 12.0 Å². The van der Waals surface area contributed by atoms with E-state index in [1.807, 2.05) is 11.0 Å². The molecule has 1 fully saturated rings. The molecule has 10 heteroatoms. The number of nitrogens with zero attached hydrogens (tertiary/aromatic N) is 3. The van der Waals surface area contributed by atoms with Crippen molar-refractivity contribution in [2.45, 2.75) is 13.0 Å². The third-order valence-electron chi connectivity index (χ3n) is 6.29. The highest BCUT2D eigenvalue weighted by Crippen LogP contribution is 2.34. The summed E-state index contributed by atoms with van der Waals surface area (Å²) in [5.41, 5.74) is 2.12. The number of para-hydroxylation sites is 1. The Balaban J connectivity index is 1.62. The van der Waals surface area contributed by atoms with Crippen molar-refractivity contribution in [1.29, 1.82) is 0 Å². The minimum atomic E-state index is -0.734. The van der Waals surface area contributed by atoms with Crippen LogP contribution in [0.1, 0.15) is 18.5 Å². The molecule has 1 saturated heterocycles. The number of esters is 1. The summed E-state index contributed by atoms with van der Waals surface area (Å²) in [7, 11) is 1.63. The van der Waals surface area contributed by atoms with Crippen molar-refractivity contribution in [2.24, 2.45) is 0 Å². The molecule has 0 aliphatic carbocycles. The van der Waals surface area contributed by atoms with Crippen LogP contribution in [0.5, 0.6) is 0 Å². The minimum Gasteiger partial charge on any atom is -0.463 e. The van der Waals surface area contributed by atoms with Crippen LogP contribution in [0.25, 0.3) is 0 Å². The summed E-state index contributed by atoms with van der Waals surface area (Å²) in [6.07, 6.45) is 0.